The maximum atomic E-state index is 11.4. The predicted molar refractivity (Wildman–Crippen MR) is 68.0 cm³/mol. The average molecular weight is 284 g/mol. The van der Waals surface area contributed by atoms with Crippen LogP contribution in [0.1, 0.15) is 6.92 Å². The predicted octanol–water partition coefficient (Wildman–Crippen LogP) is 2.04. The average Bonchev–Trinajstić information content (AvgIpc) is 2.81. The van der Waals surface area contributed by atoms with Gasteiger partial charge in [0, 0.05) is 0 Å². The smallest absolute Gasteiger partial charge is 0.380 e. The molecule has 0 unspecified atom stereocenters. The van der Waals surface area contributed by atoms with Crippen molar-refractivity contribution < 1.29 is 14.4 Å². The lowest BCUT2D eigenvalue weighted by atomic mass is 10.3. The van der Waals surface area contributed by atoms with E-state index in [4.69, 9.17) is 16.3 Å². The van der Waals surface area contributed by atoms with Gasteiger partial charge in [0.05, 0.1) is 12.3 Å². The third kappa shape index (κ3) is 2.67. The molecule has 0 atom stereocenters. The lowest BCUT2D eigenvalue weighted by Crippen LogP contribution is -2.28. The van der Waals surface area contributed by atoms with Gasteiger partial charge in [-0.25, -0.2) is 9.80 Å². The van der Waals surface area contributed by atoms with Crippen LogP contribution in [0.5, 0.6) is 5.75 Å². The lowest BCUT2D eigenvalue weighted by molar-refractivity contribution is -0.140. The molecule has 2 rings (SSSR count). The molecule has 0 aromatic heterocycles. The lowest BCUT2D eigenvalue weighted by Gasteiger charge is -2.15. The second-order valence-electron chi connectivity index (χ2n) is 3.47. The summed E-state index contributed by atoms with van der Waals surface area (Å²) in [6.45, 7) is 2.42. The van der Waals surface area contributed by atoms with Crippen molar-refractivity contribution in [2.45, 2.75) is 6.92 Å². The number of benzene rings is 1. The standard InChI is InChI=1S/C11H10ClN3O4/c1-2-18-8-5-3-7(4-6-8)15-9(10(12)13-17)11(16)19-14-15/h3-6,14H,2H2,1H3. The first-order valence-corrected chi connectivity index (χ1v) is 5.78. The van der Waals surface area contributed by atoms with Crippen LogP contribution >= 0.6 is 11.6 Å². The summed E-state index contributed by atoms with van der Waals surface area (Å²) in [5, 5.41) is 3.27. The first-order valence-electron chi connectivity index (χ1n) is 5.40. The van der Waals surface area contributed by atoms with Gasteiger partial charge in [-0.1, -0.05) is 17.2 Å². The van der Waals surface area contributed by atoms with E-state index in [0.717, 1.165) is 0 Å². The first kappa shape index (κ1) is 13.3. The van der Waals surface area contributed by atoms with Crippen molar-refractivity contribution in [3.8, 4) is 5.75 Å². The molecule has 1 aromatic rings. The Bertz CT molecular complexity index is 529. The third-order valence-electron chi connectivity index (χ3n) is 2.33. The van der Waals surface area contributed by atoms with E-state index in [1.165, 1.54) is 5.01 Å². The molecule has 0 bridgehead atoms. The Morgan fingerprint density at radius 2 is 2.16 bits per heavy atom. The Hall–Kier alpha value is -2.12. The summed E-state index contributed by atoms with van der Waals surface area (Å²) >= 11 is 5.59. The minimum Gasteiger partial charge on any atom is -0.494 e. The highest BCUT2D eigenvalue weighted by atomic mass is 35.5. The summed E-state index contributed by atoms with van der Waals surface area (Å²) in [5.74, 6) is -0.0960. The second-order valence-corrected chi connectivity index (χ2v) is 3.83. The van der Waals surface area contributed by atoms with E-state index in [-0.39, 0.29) is 5.70 Å². The van der Waals surface area contributed by atoms with E-state index < -0.39 is 11.1 Å². The number of nitroso groups, excluding NO2 is 1. The molecule has 100 valence electrons. The zero-order chi connectivity index (χ0) is 13.8. The maximum Gasteiger partial charge on any atom is 0.380 e. The summed E-state index contributed by atoms with van der Waals surface area (Å²) in [5.41, 5.74) is 2.72. The molecular formula is C11H10ClN3O4. The highest BCUT2D eigenvalue weighted by Gasteiger charge is 2.33. The van der Waals surface area contributed by atoms with Gasteiger partial charge < -0.3 is 9.57 Å². The minimum atomic E-state index is -0.779. The largest absolute Gasteiger partial charge is 0.494 e. The van der Waals surface area contributed by atoms with Crippen molar-refractivity contribution in [1.29, 1.82) is 0 Å². The third-order valence-corrected chi connectivity index (χ3v) is 2.58. The molecule has 19 heavy (non-hydrogen) atoms. The van der Waals surface area contributed by atoms with Crippen molar-refractivity contribution in [3.05, 3.63) is 40.0 Å². The fraction of sp³-hybridized carbons (Fsp3) is 0.182. The summed E-state index contributed by atoms with van der Waals surface area (Å²) in [6.07, 6.45) is 0. The van der Waals surface area contributed by atoms with Crippen molar-refractivity contribution in [2.24, 2.45) is 5.18 Å². The van der Waals surface area contributed by atoms with E-state index in [9.17, 15) is 9.70 Å². The molecule has 1 aliphatic rings. The van der Waals surface area contributed by atoms with Gasteiger partial charge in [0.25, 0.3) is 0 Å². The van der Waals surface area contributed by atoms with Crippen LogP contribution in [0.3, 0.4) is 0 Å². The van der Waals surface area contributed by atoms with E-state index >= 15 is 0 Å². The Kier molecular flexibility index (Phi) is 3.98. The van der Waals surface area contributed by atoms with Crippen molar-refractivity contribution in [3.63, 3.8) is 0 Å². The normalized spacial score (nSPS) is 17.2. The van der Waals surface area contributed by atoms with E-state index in [0.29, 0.717) is 18.0 Å². The van der Waals surface area contributed by atoms with Gasteiger partial charge in [-0.2, -0.15) is 0 Å². The fourth-order valence-electron chi connectivity index (χ4n) is 1.53. The minimum absolute atomic E-state index is 0.166. The number of anilines is 1. The molecule has 0 spiro atoms. The summed E-state index contributed by atoms with van der Waals surface area (Å²) in [7, 11) is 0. The van der Waals surface area contributed by atoms with Crippen molar-refractivity contribution >= 4 is 23.3 Å². The monoisotopic (exact) mass is 283 g/mol. The molecule has 0 aliphatic carbocycles. The molecular weight excluding hydrogens is 274 g/mol. The summed E-state index contributed by atoms with van der Waals surface area (Å²) < 4.78 is 5.30. The topological polar surface area (TPSA) is 80.2 Å². The van der Waals surface area contributed by atoms with Gasteiger partial charge in [-0.3, -0.25) is 0 Å². The van der Waals surface area contributed by atoms with E-state index in [1.54, 1.807) is 24.3 Å². The van der Waals surface area contributed by atoms with Gasteiger partial charge in [-0.05, 0) is 36.4 Å². The molecule has 8 heteroatoms. The molecule has 1 saturated heterocycles. The van der Waals surface area contributed by atoms with Crippen molar-refractivity contribution in [2.75, 3.05) is 11.6 Å². The van der Waals surface area contributed by atoms with Gasteiger partial charge >= 0.3 is 5.97 Å². The second kappa shape index (κ2) is 5.68. The molecule has 0 saturated carbocycles. The quantitative estimate of drug-likeness (QED) is 0.517. The van der Waals surface area contributed by atoms with Crippen LogP contribution in [0, 0.1) is 4.91 Å². The highest BCUT2D eigenvalue weighted by Crippen LogP contribution is 2.27. The number of nitrogens with zero attached hydrogens (tertiary/aromatic N) is 2. The van der Waals surface area contributed by atoms with Crippen LogP contribution in [0.25, 0.3) is 0 Å². The summed E-state index contributed by atoms with van der Waals surface area (Å²) in [6, 6.07) is 6.77. The number of carbonyl (C=O) groups is 1. The van der Waals surface area contributed by atoms with Crippen molar-refractivity contribution in [1.82, 2.24) is 5.59 Å². The van der Waals surface area contributed by atoms with E-state index in [2.05, 4.69) is 15.6 Å². The van der Waals surface area contributed by atoms with Gasteiger partial charge in [-0.15, -0.1) is 4.91 Å². The Morgan fingerprint density at radius 1 is 1.47 bits per heavy atom. The van der Waals surface area contributed by atoms with E-state index in [1.807, 2.05) is 6.92 Å². The van der Waals surface area contributed by atoms with Crippen LogP contribution in [0.15, 0.2) is 40.3 Å². The SMILES string of the molecule is CCOc1ccc(N2NOC(=O)C2=C(Cl)N=O)cc1. The number of halogens is 1. The number of nitrogens with one attached hydrogen (secondary N) is 1. The maximum absolute atomic E-state index is 11.4. The molecule has 1 heterocycles. The number of carbonyl (C=O) groups excluding carboxylic acids is 1. The summed E-state index contributed by atoms with van der Waals surface area (Å²) in [4.78, 5) is 26.5. The Balaban J connectivity index is 2.30. The van der Waals surface area contributed by atoms with Crippen LogP contribution in [0.2, 0.25) is 0 Å². The Labute approximate surface area is 113 Å². The molecule has 1 aromatic carbocycles. The fourth-order valence-corrected chi connectivity index (χ4v) is 1.69. The van der Waals surface area contributed by atoms with Gasteiger partial charge in [0.1, 0.15) is 5.75 Å². The zero-order valence-corrected chi connectivity index (χ0v) is 10.7. The number of hydrogen-bond donors (Lipinski definition) is 1. The van der Waals surface area contributed by atoms with Crippen LogP contribution in [0.4, 0.5) is 5.69 Å². The zero-order valence-electron chi connectivity index (χ0n) is 9.92. The van der Waals surface area contributed by atoms with Crippen LogP contribution < -0.4 is 15.3 Å². The molecule has 0 amide bonds. The Morgan fingerprint density at radius 3 is 2.74 bits per heavy atom. The van der Waals surface area contributed by atoms with Gasteiger partial charge in [0.15, 0.2) is 5.70 Å². The van der Waals surface area contributed by atoms with Crippen LogP contribution in [-0.4, -0.2) is 12.6 Å². The number of rotatable bonds is 4. The first-order chi connectivity index (χ1) is 9.17. The van der Waals surface area contributed by atoms with Crippen LogP contribution in [-0.2, 0) is 9.63 Å². The van der Waals surface area contributed by atoms with Gasteiger partial charge in [0.2, 0.25) is 5.16 Å². The molecule has 1 N–H and O–H groups in total. The number of hydrazine groups is 1. The molecule has 0 radical (unpaired) electrons. The molecule has 7 nitrogen and oxygen atoms in total. The number of hydrogen-bond acceptors (Lipinski definition) is 7. The molecule has 1 aliphatic heterocycles. The highest BCUT2D eigenvalue weighted by molar-refractivity contribution is 6.31. The number of ether oxygens (including phenoxy) is 1. The molecule has 1 fully saturated rings.